The number of nitrogens with one attached hydrogen (secondary N) is 2. The molecule has 2 aromatic carbocycles. The molecule has 0 aliphatic carbocycles. The van der Waals surface area contributed by atoms with Gasteiger partial charge in [-0.15, -0.1) is 0 Å². The lowest BCUT2D eigenvalue weighted by Gasteiger charge is -2.19. The van der Waals surface area contributed by atoms with Gasteiger partial charge in [0.25, 0.3) is 5.91 Å². The van der Waals surface area contributed by atoms with Crippen molar-refractivity contribution < 1.29 is 18.7 Å². The summed E-state index contributed by atoms with van der Waals surface area (Å²) in [6.45, 7) is 2.49. The topological polar surface area (TPSA) is 97.4 Å². The summed E-state index contributed by atoms with van der Waals surface area (Å²) >= 11 is 0. The summed E-state index contributed by atoms with van der Waals surface area (Å²) in [7, 11) is 1.45. The van der Waals surface area contributed by atoms with Gasteiger partial charge in [-0.2, -0.15) is 0 Å². The number of rotatable bonds is 9. The van der Waals surface area contributed by atoms with E-state index in [-0.39, 0.29) is 17.9 Å². The highest BCUT2D eigenvalue weighted by atomic mass is 19.1. The molecular formula is C20H24FN3O3. The fraction of sp³-hybridized carbons (Fsp3) is 0.300. The lowest BCUT2D eigenvalue weighted by molar-refractivity contribution is -0.133. The largest absolute Gasteiger partial charge is 0.497 e. The fourth-order valence-electron chi connectivity index (χ4n) is 2.47. The Morgan fingerprint density at radius 3 is 2.52 bits per heavy atom. The number of benzene rings is 2. The molecule has 0 fully saturated rings. The normalized spacial score (nSPS) is 11.7. The van der Waals surface area contributed by atoms with E-state index in [9.17, 15) is 9.18 Å². The molecule has 6 nitrogen and oxygen atoms in total. The number of amidine groups is 1. The molecule has 1 amide bonds. The molecule has 0 spiro atoms. The van der Waals surface area contributed by atoms with Crippen LogP contribution in [0, 0.1) is 11.2 Å². The minimum atomic E-state index is -1.05. The Labute approximate surface area is 158 Å². The maximum atomic E-state index is 14.4. The molecule has 1 atom stereocenters. The molecule has 0 saturated carbocycles. The molecule has 0 aliphatic heterocycles. The van der Waals surface area contributed by atoms with Crippen molar-refractivity contribution in [1.29, 1.82) is 5.41 Å². The van der Waals surface area contributed by atoms with Crippen molar-refractivity contribution in [2.75, 3.05) is 13.7 Å². The molecule has 0 saturated heterocycles. The zero-order chi connectivity index (χ0) is 19.8. The van der Waals surface area contributed by atoms with Crippen LogP contribution in [0.25, 0.3) is 0 Å². The van der Waals surface area contributed by atoms with Crippen molar-refractivity contribution in [1.82, 2.24) is 5.32 Å². The summed E-state index contributed by atoms with van der Waals surface area (Å²) in [6.07, 6.45) is -0.346. The van der Waals surface area contributed by atoms with E-state index >= 15 is 0 Å². The van der Waals surface area contributed by atoms with Crippen LogP contribution in [0.3, 0.4) is 0 Å². The Hall–Kier alpha value is -2.93. The fourth-order valence-corrected chi connectivity index (χ4v) is 2.47. The van der Waals surface area contributed by atoms with Gasteiger partial charge in [0, 0.05) is 30.3 Å². The smallest absolute Gasteiger partial charge is 0.254 e. The first kappa shape index (κ1) is 20.4. The molecule has 0 bridgehead atoms. The van der Waals surface area contributed by atoms with Crippen LogP contribution in [0.4, 0.5) is 4.39 Å². The van der Waals surface area contributed by atoms with Gasteiger partial charge in [0.05, 0.1) is 7.11 Å². The number of carbonyl (C=O) groups excluding carboxylic acids is 1. The second kappa shape index (κ2) is 9.68. The lowest BCUT2D eigenvalue weighted by Crippen LogP contribution is -2.31. The number of amides is 1. The van der Waals surface area contributed by atoms with E-state index in [1.807, 2.05) is 6.92 Å². The van der Waals surface area contributed by atoms with Crippen LogP contribution >= 0.6 is 0 Å². The Morgan fingerprint density at radius 1 is 1.26 bits per heavy atom. The molecule has 0 aromatic heterocycles. The number of hydrogen-bond donors (Lipinski definition) is 3. The van der Waals surface area contributed by atoms with E-state index in [4.69, 9.17) is 20.6 Å². The molecule has 1 unspecified atom stereocenters. The maximum Gasteiger partial charge on any atom is 0.254 e. The molecule has 4 N–H and O–H groups in total. The Balaban J connectivity index is 2.11. The number of ether oxygens (including phenoxy) is 2. The van der Waals surface area contributed by atoms with Gasteiger partial charge < -0.3 is 20.5 Å². The summed E-state index contributed by atoms with van der Waals surface area (Å²) in [5.74, 6) is -0.635. The average Bonchev–Trinajstić information content (AvgIpc) is 2.67. The van der Waals surface area contributed by atoms with Gasteiger partial charge in [-0.25, -0.2) is 4.39 Å². The van der Waals surface area contributed by atoms with Gasteiger partial charge in [-0.1, -0.05) is 31.2 Å². The predicted octanol–water partition coefficient (Wildman–Crippen LogP) is 2.90. The maximum absolute atomic E-state index is 14.4. The van der Waals surface area contributed by atoms with E-state index in [0.29, 0.717) is 24.3 Å². The number of nitrogen functional groups attached to an aromatic ring is 1. The van der Waals surface area contributed by atoms with Crippen LogP contribution in [-0.4, -0.2) is 25.5 Å². The van der Waals surface area contributed by atoms with E-state index in [0.717, 1.165) is 5.56 Å². The standard InChI is InChI=1S/C20H24FN3O3/c1-3-10-27-18(16-9-8-15(26-2)11-17(16)21)20(25)24-12-13-4-6-14(7-5-13)19(22)23/h4-9,11,18H,3,10,12H2,1-2H3,(H3,22,23)(H,24,25). The van der Waals surface area contributed by atoms with Gasteiger partial charge in [0.15, 0.2) is 6.10 Å². The summed E-state index contributed by atoms with van der Waals surface area (Å²) in [5.41, 5.74) is 7.02. The molecule has 7 heteroatoms. The van der Waals surface area contributed by atoms with E-state index in [1.165, 1.54) is 19.2 Å². The first-order valence-electron chi connectivity index (χ1n) is 8.62. The highest BCUT2D eigenvalue weighted by Gasteiger charge is 2.24. The third-order valence-corrected chi connectivity index (χ3v) is 3.95. The minimum Gasteiger partial charge on any atom is -0.497 e. The zero-order valence-corrected chi connectivity index (χ0v) is 15.4. The summed E-state index contributed by atoms with van der Waals surface area (Å²) in [4.78, 5) is 12.6. The molecule has 2 aromatic rings. The van der Waals surface area contributed by atoms with Crippen molar-refractivity contribution in [3.63, 3.8) is 0 Å². The zero-order valence-electron chi connectivity index (χ0n) is 15.4. The van der Waals surface area contributed by atoms with Gasteiger partial charge in [0.1, 0.15) is 17.4 Å². The number of methoxy groups -OCH3 is 1. The summed E-state index contributed by atoms with van der Waals surface area (Å²) in [5, 5.41) is 10.2. The van der Waals surface area contributed by atoms with Crippen LogP contribution in [0.1, 0.15) is 36.1 Å². The Kier molecular flexibility index (Phi) is 7.31. The quantitative estimate of drug-likeness (QED) is 0.465. The second-order valence-electron chi connectivity index (χ2n) is 5.97. The molecule has 0 radical (unpaired) electrons. The van der Waals surface area contributed by atoms with Crippen LogP contribution in [-0.2, 0) is 16.1 Å². The lowest BCUT2D eigenvalue weighted by atomic mass is 10.1. The SMILES string of the molecule is CCCOC(C(=O)NCc1ccc(C(=N)N)cc1)c1ccc(OC)cc1F. The number of halogens is 1. The van der Waals surface area contributed by atoms with Crippen molar-refractivity contribution in [2.24, 2.45) is 5.73 Å². The van der Waals surface area contributed by atoms with Crippen LogP contribution in [0.2, 0.25) is 0 Å². The van der Waals surface area contributed by atoms with E-state index in [1.54, 1.807) is 30.3 Å². The van der Waals surface area contributed by atoms with Crippen molar-refractivity contribution in [3.05, 3.63) is 65.0 Å². The minimum absolute atomic E-state index is 0.0198. The van der Waals surface area contributed by atoms with Crippen molar-refractivity contribution in [3.8, 4) is 5.75 Å². The average molecular weight is 373 g/mol. The van der Waals surface area contributed by atoms with Gasteiger partial charge in [0.2, 0.25) is 0 Å². The van der Waals surface area contributed by atoms with Crippen LogP contribution in [0.15, 0.2) is 42.5 Å². The first-order valence-corrected chi connectivity index (χ1v) is 8.62. The third kappa shape index (κ3) is 5.52. The molecule has 27 heavy (non-hydrogen) atoms. The number of nitrogens with two attached hydrogens (primary N) is 1. The van der Waals surface area contributed by atoms with E-state index in [2.05, 4.69) is 5.32 Å². The first-order chi connectivity index (χ1) is 13.0. The Morgan fingerprint density at radius 2 is 1.96 bits per heavy atom. The predicted molar refractivity (Wildman–Crippen MR) is 101 cm³/mol. The summed E-state index contributed by atoms with van der Waals surface area (Å²) < 4.78 is 25.0. The van der Waals surface area contributed by atoms with Gasteiger partial charge in [-0.3, -0.25) is 10.2 Å². The molecular weight excluding hydrogens is 349 g/mol. The molecule has 0 heterocycles. The number of hydrogen-bond acceptors (Lipinski definition) is 4. The molecule has 0 aliphatic rings. The second-order valence-corrected chi connectivity index (χ2v) is 5.97. The monoisotopic (exact) mass is 373 g/mol. The van der Waals surface area contributed by atoms with Gasteiger partial charge >= 0.3 is 0 Å². The molecule has 144 valence electrons. The van der Waals surface area contributed by atoms with Crippen molar-refractivity contribution in [2.45, 2.75) is 26.0 Å². The van der Waals surface area contributed by atoms with E-state index < -0.39 is 17.8 Å². The summed E-state index contributed by atoms with van der Waals surface area (Å²) in [6, 6.07) is 11.3. The highest BCUT2D eigenvalue weighted by Crippen LogP contribution is 2.25. The van der Waals surface area contributed by atoms with Crippen LogP contribution in [0.5, 0.6) is 5.75 Å². The highest BCUT2D eigenvalue weighted by molar-refractivity contribution is 5.94. The van der Waals surface area contributed by atoms with Crippen molar-refractivity contribution >= 4 is 11.7 Å². The van der Waals surface area contributed by atoms with Gasteiger partial charge in [-0.05, 0) is 24.1 Å². The third-order valence-electron chi connectivity index (χ3n) is 3.95. The Bertz CT molecular complexity index is 794. The van der Waals surface area contributed by atoms with Crippen LogP contribution < -0.4 is 15.8 Å². The molecule has 2 rings (SSSR count). The number of carbonyl (C=O) groups is 1.